The van der Waals surface area contributed by atoms with Gasteiger partial charge in [-0.2, -0.15) is 0 Å². The highest BCUT2D eigenvalue weighted by atomic mass is 16.5. The Morgan fingerprint density at radius 1 is 1.40 bits per heavy atom. The van der Waals surface area contributed by atoms with E-state index >= 15 is 0 Å². The van der Waals surface area contributed by atoms with Crippen molar-refractivity contribution in [2.75, 3.05) is 51.4 Å². The minimum absolute atomic E-state index is 0.126. The van der Waals surface area contributed by atoms with Crippen LogP contribution >= 0.6 is 0 Å². The standard InChI is InChI=1S/C14H23N3O3/c1-10-8-11(9-12(13(10)15)14(18)19)16-4-6-20-7-5-17(2)3/h8-9,16H,4-7,15H2,1-3H3,(H,18,19). The number of carbonyl (C=O) groups is 1. The molecule has 20 heavy (non-hydrogen) atoms. The van der Waals surface area contributed by atoms with Crippen molar-refractivity contribution in [3.8, 4) is 0 Å². The van der Waals surface area contributed by atoms with Crippen molar-refractivity contribution in [3.63, 3.8) is 0 Å². The molecule has 0 unspecified atom stereocenters. The van der Waals surface area contributed by atoms with Gasteiger partial charge in [0.1, 0.15) is 0 Å². The fourth-order valence-corrected chi connectivity index (χ4v) is 1.69. The van der Waals surface area contributed by atoms with E-state index in [2.05, 4.69) is 10.2 Å². The van der Waals surface area contributed by atoms with Crippen LogP contribution in [0.2, 0.25) is 0 Å². The molecule has 0 atom stereocenters. The lowest BCUT2D eigenvalue weighted by Gasteiger charge is -2.12. The molecule has 0 heterocycles. The fraction of sp³-hybridized carbons (Fsp3) is 0.500. The summed E-state index contributed by atoms with van der Waals surface area (Å²) in [6, 6.07) is 3.38. The molecule has 0 saturated heterocycles. The predicted molar refractivity (Wildman–Crippen MR) is 80.4 cm³/mol. The summed E-state index contributed by atoms with van der Waals surface area (Å²) in [5, 5.41) is 12.2. The van der Waals surface area contributed by atoms with Crippen molar-refractivity contribution in [3.05, 3.63) is 23.3 Å². The van der Waals surface area contributed by atoms with Crippen LogP contribution in [0.5, 0.6) is 0 Å². The molecule has 0 fully saturated rings. The van der Waals surface area contributed by atoms with E-state index in [9.17, 15) is 4.79 Å². The molecule has 1 aromatic rings. The van der Waals surface area contributed by atoms with Gasteiger partial charge >= 0.3 is 5.97 Å². The summed E-state index contributed by atoms with van der Waals surface area (Å²) in [6.07, 6.45) is 0. The number of hydrogen-bond acceptors (Lipinski definition) is 5. The Bertz CT molecular complexity index is 461. The zero-order valence-corrected chi connectivity index (χ0v) is 12.3. The van der Waals surface area contributed by atoms with Crippen molar-refractivity contribution < 1.29 is 14.6 Å². The van der Waals surface area contributed by atoms with E-state index in [1.807, 2.05) is 20.2 Å². The summed E-state index contributed by atoms with van der Waals surface area (Å²) < 4.78 is 5.45. The SMILES string of the molecule is Cc1cc(NCCOCCN(C)C)cc(C(=O)O)c1N. The number of aromatic carboxylic acids is 1. The number of nitrogen functional groups attached to an aromatic ring is 1. The molecular formula is C14H23N3O3. The second kappa shape index (κ2) is 7.72. The first-order valence-electron chi connectivity index (χ1n) is 6.51. The number of ether oxygens (including phenoxy) is 1. The Morgan fingerprint density at radius 3 is 2.70 bits per heavy atom. The van der Waals surface area contributed by atoms with Crippen LogP contribution < -0.4 is 11.1 Å². The summed E-state index contributed by atoms with van der Waals surface area (Å²) in [5.74, 6) is -1.02. The number of hydrogen-bond donors (Lipinski definition) is 3. The molecule has 0 aliphatic heterocycles. The average molecular weight is 281 g/mol. The summed E-state index contributed by atoms with van der Waals surface area (Å²) in [7, 11) is 3.98. The molecule has 0 amide bonds. The van der Waals surface area contributed by atoms with Gasteiger partial charge in [0.2, 0.25) is 0 Å². The van der Waals surface area contributed by atoms with E-state index in [1.54, 1.807) is 13.0 Å². The van der Waals surface area contributed by atoms with Gasteiger partial charge in [0, 0.05) is 24.5 Å². The maximum absolute atomic E-state index is 11.1. The largest absolute Gasteiger partial charge is 0.478 e. The highest BCUT2D eigenvalue weighted by Crippen LogP contribution is 2.22. The van der Waals surface area contributed by atoms with E-state index < -0.39 is 5.97 Å². The number of carboxylic acids is 1. The third-order valence-electron chi connectivity index (χ3n) is 2.88. The van der Waals surface area contributed by atoms with Crippen LogP contribution in [0.1, 0.15) is 15.9 Å². The number of nitrogens with two attached hydrogens (primary N) is 1. The molecule has 0 radical (unpaired) electrons. The average Bonchev–Trinajstić information content (AvgIpc) is 2.36. The second-order valence-corrected chi connectivity index (χ2v) is 4.90. The summed E-state index contributed by atoms with van der Waals surface area (Å²) in [5.41, 5.74) is 7.67. The normalized spacial score (nSPS) is 10.8. The first-order valence-corrected chi connectivity index (χ1v) is 6.51. The number of nitrogens with one attached hydrogen (secondary N) is 1. The lowest BCUT2D eigenvalue weighted by Crippen LogP contribution is -2.20. The molecule has 6 nitrogen and oxygen atoms in total. The zero-order valence-electron chi connectivity index (χ0n) is 12.3. The Labute approximate surface area is 119 Å². The first-order chi connectivity index (χ1) is 9.41. The van der Waals surface area contributed by atoms with Gasteiger partial charge in [0.05, 0.1) is 18.8 Å². The molecular weight excluding hydrogens is 258 g/mol. The van der Waals surface area contributed by atoms with Crippen molar-refractivity contribution in [1.29, 1.82) is 0 Å². The highest BCUT2D eigenvalue weighted by molar-refractivity contribution is 5.95. The van der Waals surface area contributed by atoms with Crippen molar-refractivity contribution in [1.82, 2.24) is 4.90 Å². The number of likely N-dealkylation sites (N-methyl/N-ethyl adjacent to an activating group) is 1. The number of aryl methyl sites for hydroxylation is 1. The van der Waals surface area contributed by atoms with Crippen LogP contribution in [0.25, 0.3) is 0 Å². The third-order valence-corrected chi connectivity index (χ3v) is 2.88. The molecule has 4 N–H and O–H groups in total. The first kappa shape index (κ1) is 16.3. The van der Waals surface area contributed by atoms with Crippen LogP contribution in [0.15, 0.2) is 12.1 Å². The second-order valence-electron chi connectivity index (χ2n) is 4.90. The molecule has 0 bridgehead atoms. The van der Waals surface area contributed by atoms with Gasteiger partial charge in [-0.1, -0.05) is 0 Å². The molecule has 0 spiro atoms. The number of rotatable bonds is 8. The van der Waals surface area contributed by atoms with Gasteiger partial charge in [-0.05, 0) is 38.7 Å². The number of benzene rings is 1. The van der Waals surface area contributed by atoms with E-state index in [0.717, 1.165) is 17.8 Å². The van der Waals surface area contributed by atoms with Crippen LogP contribution in [-0.4, -0.2) is 56.4 Å². The maximum atomic E-state index is 11.1. The van der Waals surface area contributed by atoms with Gasteiger partial charge in [-0.15, -0.1) is 0 Å². The van der Waals surface area contributed by atoms with E-state index in [1.165, 1.54) is 0 Å². The van der Waals surface area contributed by atoms with Crippen molar-refractivity contribution in [2.24, 2.45) is 0 Å². The Hall–Kier alpha value is -1.79. The highest BCUT2D eigenvalue weighted by Gasteiger charge is 2.11. The van der Waals surface area contributed by atoms with E-state index in [4.69, 9.17) is 15.6 Å². The molecule has 1 aromatic carbocycles. The Morgan fingerprint density at radius 2 is 2.10 bits per heavy atom. The summed E-state index contributed by atoms with van der Waals surface area (Å²) in [4.78, 5) is 13.1. The van der Waals surface area contributed by atoms with Gasteiger partial charge in [-0.25, -0.2) is 4.79 Å². The molecule has 112 valence electrons. The number of nitrogens with zero attached hydrogens (tertiary/aromatic N) is 1. The summed E-state index contributed by atoms with van der Waals surface area (Å²) >= 11 is 0. The third kappa shape index (κ3) is 5.07. The Balaban J connectivity index is 2.46. The zero-order chi connectivity index (χ0) is 15.1. The van der Waals surface area contributed by atoms with Gasteiger partial charge in [0.25, 0.3) is 0 Å². The quantitative estimate of drug-likeness (QED) is 0.491. The van der Waals surface area contributed by atoms with Crippen LogP contribution in [-0.2, 0) is 4.74 Å². The van der Waals surface area contributed by atoms with E-state index in [0.29, 0.717) is 25.4 Å². The van der Waals surface area contributed by atoms with E-state index in [-0.39, 0.29) is 5.56 Å². The minimum Gasteiger partial charge on any atom is -0.478 e. The van der Waals surface area contributed by atoms with Crippen LogP contribution in [0.3, 0.4) is 0 Å². The van der Waals surface area contributed by atoms with Crippen LogP contribution in [0, 0.1) is 6.92 Å². The minimum atomic E-state index is -1.02. The molecule has 0 saturated carbocycles. The summed E-state index contributed by atoms with van der Waals surface area (Å²) in [6.45, 7) is 4.54. The molecule has 0 aliphatic rings. The molecule has 0 aromatic heterocycles. The lowest BCUT2D eigenvalue weighted by molar-refractivity contribution is 0.0698. The molecule has 0 aliphatic carbocycles. The number of anilines is 2. The van der Waals surface area contributed by atoms with Crippen LogP contribution in [0.4, 0.5) is 11.4 Å². The van der Waals surface area contributed by atoms with Crippen molar-refractivity contribution in [2.45, 2.75) is 6.92 Å². The predicted octanol–water partition coefficient (Wildman–Crippen LogP) is 1.27. The molecule has 1 rings (SSSR count). The number of carboxylic acid groups (broad SMARTS) is 1. The topological polar surface area (TPSA) is 87.8 Å². The van der Waals surface area contributed by atoms with Gasteiger partial charge in [-0.3, -0.25) is 0 Å². The monoisotopic (exact) mass is 281 g/mol. The molecule has 6 heteroatoms. The van der Waals surface area contributed by atoms with Gasteiger partial charge in [0.15, 0.2) is 0 Å². The van der Waals surface area contributed by atoms with Crippen molar-refractivity contribution >= 4 is 17.3 Å². The fourth-order valence-electron chi connectivity index (χ4n) is 1.69. The maximum Gasteiger partial charge on any atom is 0.337 e. The smallest absolute Gasteiger partial charge is 0.337 e. The Kier molecular flexibility index (Phi) is 6.27. The van der Waals surface area contributed by atoms with Gasteiger partial charge < -0.3 is 25.8 Å². The lowest BCUT2D eigenvalue weighted by atomic mass is 10.1.